The minimum Gasteiger partial charge on any atom is -0.509 e. The fourth-order valence-corrected chi connectivity index (χ4v) is 9.72. The number of nitrogens with zero attached hydrogens (tertiary/aromatic N) is 5. The fourth-order valence-electron chi connectivity index (χ4n) is 9.72. The third kappa shape index (κ3) is 5.16. The van der Waals surface area contributed by atoms with Crippen molar-refractivity contribution >= 4 is 39.0 Å². The minimum atomic E-state index is 0. The van der Waals surface area contributed by atoms with E-state index in [1.54, 1.807) is 0 Å². The second-order valence-corrected chi connectivity index (χ2v) is 15.8. The Morgan fingerprint density at radius 2 is 1.54 bits per heavy atom. The Balaban J connectivity index is 0.00000336. The molecular weight excluding hydrogens is 798 g/mol. The monoisotopic (exact) mass is 837 g/mol. The number of pyridine rings is 2. The van der Waals surface area contributed by atoms with Gasteiger partial charge in [0.25, 0.3) is 0 Å². The van der Waals surface area contributed by atoms with Gasteiger partial charge in [0.05, 0.1) is 0 Å². The van der Waals surface area contributed by atoms with Crippen molar-refractivity contribution in [1.82, 2.24) is 14.5 Å². The van der Waals surface area contributed by atoms with Gasteiger partial charge in [-0.05, 0) is 102 Å². The van der Waals surface area contributed by atoms with Crippen molar-refractivity contribution < 1.29 is 25.8 Å². The Morgan fingerprint density at radius 1 is 0.760 bits per heavy atom. The van der Waals surface area contributed by atoms with Crippen LogP contribution in [-0.2, 0) is 26.5 Å². The van der Waals surface area contributed by atoms with E-state index in [2.05, 4.69) is 115 Å². The molecule has 50 heavy (non-hydrogen) atoms. The van der Waals surface area contributed by atoms with Crippen molar-refractivity contribution in [2.45, 2.75) is 64.3 Å². The van der Waals surface area contributed by atoms with Crippen LogP contribution < -0.4 is 14.5 Å². The Bertz CT molecular complexity index is 2210. The predicted molar refractivity (Wildman–Crippen MR) is 195 cm³/mol. The molecule has 6 nitrogen and oxygen atoms in total. The molecule has 4 heterocycles. The predicted octanol–water partition coefficient (Wildman–Crippen LogP) is 10.2. The van der Waals surface area contributed by atoms with E-state index in [1.165, 1.54) is 43.4 Å². The number of para-hydroxylation sites is 1. The molecule has 4 aliphatic carbocycles. The van der Waals surface area contributed by atoms with E-state index in [1.807, 2.05) is 30.6 Å². The van der Waals surface area contributed by atoms with Crippen LogP contribution in [0, 0.1) is 42.5 Å². The summed E-state index contributed by atoms with van der Waals surface area (Å²) >= 11 is 0. The first-order valence-electron chi connectivity index (χ1n) is 17.9. The van der Waals surface area contributed by atoms with Crippen LogP contribution in [-0.4, -0.2) is 20.6 Å². The van der Waals surface area contributed by atoms with E-state index in [9.17, 15) is 0 Å². The average Bonchev–Trinajstić information content (AvgIpc) is 3.64. The summed E-state index contributed by atoms with van der Waals surface area (Å²) in [5.74, 6) is 6.54. The van der Waals surface area contributed by atoms with Gasteiger partial charge in [-0.2, -0.15) is 12.1 Å². The molecule has 0 unspecified atom stereocenters. The number of fused-ring (bicyclic) bond motifs is 4. The van der Waals surface area contributed by atoms with E-state index < -0.39 is 0 Å². The summed E-state index contributed by atoms with van der Waals surface area (Å²) in [4.78, 5) is 14.5. The molecular formula is C43H40N5OPt-3. The molecule has 3 aromatic carbocycles. The van der Waals surface area contributed by atoms with E-state index in [4.69, 9.17) is 14.7 Å². The summed E-state index contributed by atoms with van der Waals surface area (Å²) in [6.07, 6.45) is 10.8. The molecule has 6 aromatic rings. The second kappa shape index (κ2) is 12.0. The van der Waals surface area contributed by atoms with Crippen molar-refractivity contribution in [1.29, 1.82) is 0 Å². The third-order valence-electron chi connectivity index (χ3n) is 11.6. The topological polar surface area (TPSA) is 46.4 Å². The number of hydrogen-bond donors (Lipinski definition) is 0. The van der Waals surface area contributed by atoms with Crippen LogP contribution in [0.4, 0.5) is 17.2 Å². The van der Waals surface area contributed by atoms with Gasteiger partial charge in [-0.25, -0.2) is 9.97 Å². The van der Waals surface area contributed by atoms with Gasteiger partial charge in [0.2, 0.25) is 0 Å². The van der Waals surface area contributed by atoms with Crippen molar-refractivity contribution in [3.8, 4) is 17.3 Å². The third-order valence-corrected chi connectivity index (χ3v) is 11.6. The maximum atomic E-state index is 6.54. The van der Waals surface area contributed by atoms with E-state index in [-0.39, 0.29) is 26.5 Å². The number of hydrogen-bond acceptors (Lipinski definition) is 5. The van der Waals surface area contributed by atoms with E-state index >= 15 is 0 Å². The maximum Gasteiger partial charge on any atom is 0.135 e. The van der Waals surface area contributed by atoms with Crippen LogP contribution in [0.25, 0.3) is 27.6 Å². The molecule has 7 heteroatoms. The van der Waals surface area contributed by atoms with Crippen molar-refractivity contribution in [2.24, 2.45) is 23.7 Å². The molecule has 0 spiro atoms. The molecule has 11 rings (SSSR count). The van der Waals surface area contributed by atoms with Gasteiger partial charge in [0.1, 0.15) is 11.6 Å². The smallest absolute Gasteiger partial charge is 0.135 e. The molecule has 0 amide bonds. The van der Waals surface area contributed by atoms with Crippen LogP contribution in [0.15, 0.2) is 91.3 Å². The number of anilines is 3. The van der Waals surface area contributed by atoms with Crippen molar-refractivity contribution in [3.63, 3.8) is 0 Å². The van der Waals surface area contributed by atoms with Crippen LogP contribution >= 0.6 is 0 Å². The maximum absolute atomic E-state index is 6.54. The minimum absolute atomic E-state index is 0. The summed E-state index contributed by atoms with van der Waals surface area (Å²) in [5, 5.41) is 2.28. The van der Waals surface area contributed by atoms with Gasteiger partial charge < -0.3 is 19.1 Å². The largest absolute Gasteiger partial charge is 0.509 e. The van der Waals surface area contributed by atoms with Gasteiger partial charge in [-0.3, -0.25) is 0 Å². The van der Waals surface area contributed by atoms with E-state index in [0.29, 0.717) is 17.5 Å². The van der Waals surface area contributed by atoms with Crippen LogP contribution in [0.1, 0.15) is 58.4 Å². The van der Waals surface area contributed by atoms with Crippen molar-refractivity contribution in [3.05, 3.63) is 116 Å². The summed E-state index contributed by atoms with van der Waals surface area (Å²) in [6, 6.07) is 35.1. The normalized spacial score (nSPS) is 23.8. The van der Waals surface area contributed by atoms with Gasteiger partial charge in [-0.1, -0.05) is 50.2 Å². The zero-order chi connectivity index (χ0) is 32.9. The molecule has 0 saturated heterocycles. The summed E-state index contributed by atoms with van der Waals surface area (Å²) < 4.78 is 8.74. The standard InChI is InChI=1S/C43H40N5O.Pt/c1-43(2,3)31-15-17-44-40(23-31)48-37-11-5-4-10-35(37)36-14-13-34(25-39(36)48)49-33-9-6-8-32(24-33)46-26-47(38-12-7-16-45-42(38)46)41-29-19-27-18-28(21-29)22-30(41)20-27;/h4-17,23,26-30,41H,18-22H2,1-3H3;/q-3;. The zero-order valence-electron chi connectivity index (χ0n) is 28.6. The number of rotatable bonds is 5. The van der Waals surface area contributed by atoms with E-state index in [0.717, 1.165) is 62.8 Å². The van der Waals surface area contributed by atoms with Crippen LogP contribution in [0.5, 0.6) is 11.5 Å². The first-order valence-corrected chi connectivity index (χ1v) is 17.9. The molecule has 256 valence electrons. The van der Waals surface area contributed by atoms with Crippen LogP contribution in [0.3, 0.4) is 0 Å². The SMILES string of the molecule is CC(C)(C)c1ccnc(-n2c3[c-]c(Oc4[c-]c(N5[CH-]N(C6C7CC8CC(C7)CC6C8)c6cccnc65)ccc4)ccc3c3ccccc32)c1.[Pt]. The van der Waals surface area contributed by atoms with Gasteiger partial charge >= 0.3 is 0 Å². The Morgan fingerprint density at radius 3 is 2.34 bits per heavy atom. The number of benzene rings is 3. The van der Waals surface area contributed by atoms with Gasteiger partial charge in [-0.15, -0.1) is 42.4 Å². The number of ether oxygens (including phenoxy) is 1. The summed E-state index contributed by atoms with van der Waals surface area (Å²) in [6.45, 7) is 8.98. The molecule has 4 bridgehead atoms. The Hall–Kier alpha value is -4.15. The Kier molecular flexibility index (Phi) is 7.62. The van der Waals surface area contributed by atoms with Gasteiger partial charge in [0, 0.05) is 62.2 Å². The Labute approximate surface area is 308 Å². The first-order chi connectivity index (χ1) is 23.9. The fraction of sp³-hybridized carbons (Fsp3) is 0.326. The number of aromatic nitrogens is 3. The zero-order valence-corrected chi connectivity index (χ0v) is 30.9. The summed E-state index contributed by atoms with van der Waals surface area (Å²) in [7, 11) is 0. The molecule has 4 saturated carbocycles. The average molecular weight is 838 g/mol. The van der Waals surface area contributed by atoms with Gasteiger partial charge in [0.15, 0.2) is 0 Å². The molecule has 0 radical (unpaired) electrons. The molecule has 1 aliphatic heterocycles. The van der Waals surface area contributed by atoms with Crippen LogP contribution in [0.2, 0.25) is 0 Å². The second-order valence-electron chi connectivity index (χ2n) is 15.8. The molecule has 0 N–H and O–H groups in total. The first kappa shape index (κ1) is 31.8. The molecule has 4 fully saturated rings. The quantitative estimate of drug-likeness (QED) is 0.162. The van der Waals surface area contributed by atoms with Crippen molar-refractivity contribution in [2.75, 3.05) is 9.80 Å². The summed E-state index contributed by atoms with van der Waals surface area (Å²) in [5.41, 5.74) is 5.39. The molecule has 3 aromatic heterocycles. The molecule has 5 aliphatic rings. The molecule has 0 atom stereocenters.